The number of hydrogen-bond acceptors (Lipinski definition) is 5. The molecule has 0 spiro atoms. The van der Waals surface area contributed by atoms with Crippen LogP contribution < -0.4 is 116 Å². The fourth-order valence-electron chi connectivity index (χ4n) is 2.40. The number of likely N-dealkylation sites (tertiary alicyclic amines) is 1. The third-order valence-electron chi connectivity index (χ3n) is 3.97. The van der Waals surface area contributed by atoms with Crippen LogP contribution in [0, 0.1) is 0 Å². The van der Waals surface area contributed by atoms with E-state index in [1.54, 1.807) is 24.3 Å². The summed E-state index contributed by atoms with van der Waals surface area (Å²) >= 11 is 0. The van der Waals surface area contributed by atoms with Gasteiger partial charge in [0.25, 0.3) is 0 Å². The van der Waals surface area contributed by atoms with Crippen molar-refractivity contribution in [2.24, 2.45) is 0 Å². The van der Waals surface area contributed by atoms with Gasteiger partial charge in [-0.25, -0.2) is 0 Å². The molecule has 0 unspecified atom stereocenters. The number of nitrogens with zero attached hydrogens (tertiary/aromatic N) is 3. The summed E-state index contributed by atoms with van der Waals surface area (Å²) in [4.78, 5) is 46.7. The van der Waals surface area contributed by atoms with Gasteiger partial charge in [0.2, 0.25) is 11.8 Å². The van der Waals surface area contributed by atoms with Gasteiger partial charge in [0.15, 0.2) is 0 Å². The first kappa shape index (κ1) is 29.9. The number of ether oxygens (including phenoxy) is 1. The molecule has 0 bridgehead atoms. The van der Waals surface area contributed by atoms with Crippen molar-refractivity contribution in [1.29, 1.82) is 0 Å². The molecule has 1 aliphatic rings. The van der Waals surface area contributed by atoms with E-state index in [0.29, 0.717) is 32.5 Å². The molecule has 1 aromatic rings. The van der Waals surface area contributed by atoms with Gasteiger partial charge in [0, 0.05) is 25.5 Å². The molecule has 1 fully saturated rings. The molecule has 4 amide bonds. The van der Waals surface area contributed by atoms with E-state index in [-0.39, 0.29) is 160 Å². The van der Waals surface area contributed by atoms with Gasteiger partial charge >= 0.3 is 116 Å². The zero-order chi connectivity index (χ0) is 19.6. The maximum Gasteiger partial charge on any atom is 1.00 e. The van der Waals surface area contributed by atoms with Gasteiger partial charge in [-0.15, -0.1) is 13.1 Å². The molecule has 2 rings (SSSR count). The second-order valence-electron chi connectivity index (χ2n) is 6.20. The first-order chi connectivity index (χ1) is 13.0. The van der Waals surface area contributed by atoms with E-state index in [1.807, 2.05) is 0 Å². The Bertz CT molecular complexity index is 698. The maximum atomic E-state index is 11.9. The molecular formula is C19H23N3O5Rb2. The average Bonchev–Trinajstić information content (AvgIpc) is 2.62. The SMILES string of the molecule is CC(=O)[N-]CCCOCC(=O)[N-]Cc1ccc(CC(=O)N2CCC2=O)cc1.[Rb+].[Rb+]. The Balaban J connectivity index is 0.00000392. The molecule has 1 heterocycles. The molecule has 0 radical (unpaired) electrons. The molecule has 0 aromatic heterocycles. The third kappa shape index (κ3) is 11.9. The van der Waals surface area contributed by atoms with Gasteiger partial charge in [-0.05, 0) is 18.9 Å². The van der Waals surface area contributed by atoms with E-state index in [1.165, 1.54) is 11.8 Å². The van der Waals surface area contributed by atoms with E-state index in [0.717, 1.165) is 11.1 Å². The van der Waals surface area contributed by atoms with E-state index in [9.17, 15) is 19.2 Å². The number of amides is 4. The number of hydrogen-bond donors (Lipinski definition) is 0. The fraction of sp³-hybridized carbons (Fsp3) is 0.474. The second kappa shape index (κ2) is 16.5. The van der Waals surface area contributed by atoms with Crippen molar-refractivity contribution in [2.45, 2.75) is 32.7 Å². The predicted octanol–water partition coefficient (Wildman–Crippen LogP) is -4.28. The Morgan fingerprint density at radius 1 is 1.07 bits per heavy atom. The van der Waals surface area contributed by atoms with Gasteiger partial charge in [-0.3, -0.25) is 14.5 Å². The van der Waals surface area contributed by atoms with Crippen LogP contribution in [0.2, 0.25) is 0 Å². The minimum absolute atomic E-state index is 0. The molecular weight excluding hydrogens is 521 g/mol. The summed E-state index contributed by atoms with van der Waals surface area (Å²) < 4.78 is 5.19. The number of benzene rings is 1. The quantitative estimate of drug-likeness (QED) is 0.219. The Morgan fingerprint density at radius 2 is 1.72 bits per heavy atom. The average molecular weight is 544 g/mol. The Hall–Kier alpha value is 0.870. The smallest absolute Gasteiger partial charge is 0.654 e. The summed E-state index contributed by atoms with van der Waals surface area (Å²) in [6, 6.07) is 7.21. The molecule has 1 aliphatic heterocycles. The van der Waals surface area contributed by atoms with E-state index >= 15 is 0 Å². The first-order valence-electron chi connectivity index (χ1n) is 8.83. The van der Waals surface area contributed by atoms with Gasteiger partial charge in [-0.2, -0.15) is 0 Å². The maximum absolute atomic E-state index is 11.9. The van der Waals surface area contributed by atoms with Crippen LogP contribution in [-0.2, 0) is 36.9 Å². The number of carbonyl (C=O) groups is 4. The van der Waals surface area contributed by atoms with Crippen LogP contribution in [0.1, 0.15) is 30.9 Å². The summed E-state index contributed by atoms with van der Waals surface area (Å²) in [6.07, 6.45) is 1.21. The second-order valence-corrected chi connectivity index (χ2v) is 6.20. The summed E-state index contributed by atoms with van der Waals surface area (Å²) in [5.74, 6) is -0.879. The molecule has 1 aromatic carbocycles. The molecule has 10 heteroatoms. The largest absolute Gasteiger partial charge is 1.00 e. The summed E-state index contributed by atoms with van der Waals surface area (Å²) in [7, 11) is 0. The summed E-state index contributed by atoms with van der Waals surface area (Å²) in [6.45, 7) is 2.77. The molecule has 0 atom stereocenters. The van der Waals surface area contributed by atoms with E-state index in [2.05, 4.69) is 10.6 Å². The van der Waals surface area contributed by atoms with Gasteiger partial charge in [-0.1, -0.05) is 29.8 Å². The minimum Gasteiger partial charge on any atom is -0.654 e. The van der Waals surface area contributed by atoms with Crippen molar-refractivity contribution in [1.82, 2.24) is 4.90 Å². The standard InChI is InChI=1S/C19H25N3O5.2Rb/c1-14(23)20-8-2-10-27-13-17(24)21-12-16-5-3-15(4-6-16)11-19(26)22-9-7-18(22)25;;/h3-6H,2,7-13H2,1H3,(H2,20,21,23,24);;/q;2*+1/p-2. The summed E-state index contributed by atoms with van der Waals surface area (Å²) in [5, 5.41) is 7.63. The number of carbonyl (C=O) groups excluding carboxylic acids is 4. The molecule has 29 heavy (non-hydrogen) atoms. The first-order valence-corrected chi connectivity index (χ1v) is 8.83. The number of β-lactam (4-membered cyclic amide) rings is 1. The molecule has 8 nitrogen and oxygen atoms in total. The van der Waals surface area contributed by atoms with Gasteiger partial charge < -0.3 is 25.0 Å². The van der Waals surface area contributed by atoms with Crippen molar-refractivity contribution >= 4 is 23.6 Å². The Morgan fingerprint density at radius 3 is 2.28 bits per heavy atom. The molecule has 0 N–H and O–H groups in total. The van der Waals surface area contributed by atoms with Crippen LogP contribution in [0.4, 0.5) is 0 Å². The normalized spacial score (nSPS) is 12.2. The van der Waals surface area contributed by atoms with Gasteiger partial charge in [0.1, 0.15) is 0 Å². The van der Waals surface area contributed by atoms with Crippen molar-refractivity contribution in [3.8, 4) is 0 Å². The molecule has 146 valence electrons. The summed E-state index contributed by atoms with van der Waals surface area (Å²) in [5.41, 5.74) is 1.66. The fourth-order valence-corrected chi connectivity index (χ4v) is 2.40. The van der Waals surface area contributed by atoms with Crippen LogP contribution in [0.25, 0.3) is 10.6 Å². The number of imide groups is 1. The van der Waals surface area contributed by atoms with Gasteiger partial charge in [0.05, 0.1) is 18.9 Å². The third-order valence-corrected chi connectivity index (χ3v) is 3.97. The van der Waals surface area contributed by atoms with Crippen molar-refractivity contribution < 1.29 is 140 Å². The number of rotatable bonds is 10. The molecule has 1 saturated heterocycles. The molecule has 0 aliphatic carbocycles. The van der Waals surface area contributed by atoms with Crippen LogP contribution in [0.3, 0.4) is 0 Å². The van der Waals surface area contributed by atoms with Crippen molar-refractivity contribution in [3.63, 3.8) is 0 Å². The monoisotopic (exact) mass is 543 g/mol. The van der Waals surface area contributed by atoms with Crippen LogP contribution in [0.15, 0.2) is 24.3 Å². The van der Waals surface area contributed by atoms with Crippen LogP contribution in [-0.4, -0.2) is 54.8 Å². The predicted molar refractivity (Wildman–Crippen MR) is 97.9 cm³/mol. The Kier molecular flexibility index (Phi) is 17.0. The van der Waals surface area contributed by atoms with Crippen molar-refractivity contribution in [3.05, 3.63) is 46.0 Å². The topological polar surface area (TPSA) is 109 Å². The minimum atomic E-state index is -0.353. The van der Waals surface area contributed by atoms with Crippen LogP contribution >= 0.6 is 0 Å². The molecule has 0 saturated carbocycles. The zero-order valence-corrected chi connectivity index (χ0v) is 27.2. The Labute approximate surface area is 268 Å². The van der Waals surface area contributed by atoms with Crippen molar-refractivity contribution in [2.75, 3.05) is 26.3 Å². The van der Waals surface area contributed by atoms with Crippen LogP contribution in [0.5, 0.6) is 0 Å². The van der Waals surface area contributed by atoms with E-state index in [4.69, 9.17) is 4.74 Å². The van der Waals surface area contributed by atoms with E-state index < -0.39 is 0 Å². The zero-order valence-electron chi connectivity index (χ0n) is 17.3.